The van der Waals surface area contributed by atoms with Crippen molar-refractivity contribution >= 4 is 23.3 Å². The molecule has 2 N–H and O–H groups in total. The van der Waals surface area contributed by atoms with Gasteiger partial charge in [-0.1, -0.05) is 6.07 Å². The zero-order valence-electron chi connectivity index (χ0n) is 14.3. The molecule has 0 unspecified atom stereocenters. The van der Waals surface area contributed by atoms with Crippen molar-refractivity contribution in [3.63, 3.8) is 0 Å². The molecule has 0 aliphatic carbocycles. The molecule has 0 saturated carbocycles. The summed E-state index contributed by atoms with van der Waals surface area (Å²) in [5, 5.41) is 0. The molecule has 1 heterocycles. The second-order valence-corrected chi connectivity index (χ2v) is 6.75. The van der Waals surface area contributed by atoms with E-state index in [1.165, 1.54) is 6.92 Å². The fourth-order valence-electron chi connectivity index (χ4n) is 2.59. The molecule has 6 heteroatoms. The van der Waals surface area contributed by atoms with E-state index in [0.717, 1.165) is 5.69 Å². The average molecular weight is 319 g/mol. The van der Waals surface area contributed by atoms with Crippen LogP contribution in [0.5, 0.6) is 0 Å². The molecular weight excluding hydrogens is 294 g/mol. The summed E-state index contributed by atoms with van der Waals surface area (Å²) in [4.78, 5) is 27.5. The number of hydrogen-bond acceptors (Lipinski definition) is 5. The number of nitrogens with two attached hydrogens (primary N) is 1. The predicted octanol–water partition coefficient (Wildman–Crippen LogP) is 2.53. The number of ether oxygens (including phenoxy) is 1. The number of benzene rings is 1. The van der Waals surface area contributed by atoms with Crippen LogP contribution >= 0.6 is 0 Å². The molecule has 1 aliphatic rings. The van der Waals surface area contributed by atoms with E-state index in [9.17, 15) is 9.59 Å². The normalized spacial score (nSPS) is 15.5. The summed E-state index contributed by atoms with van der Waals surface area (Å²) in [6.45, 7) is 9.53. The first-order valence-corrected chi connectivity index (χ1v) is 7.81. The molecule has 2 rings (SSSR count). The van der Waals surface area contributed by atoms with Crippen LogP contribution < -0.4 is 10.6 Å². The standard InChI is InChI=1S/C17H25N3O3/c1-12(21)13-6-5-7-14(15(13)18)19-8-10-20(11-9-19)16(22)23-17(2,3)4/h5-7H,8-11,18H2,1-4H3. The maximum absolute atomic E-state index is 12.1. The molecule has 0 bridgehead atoms. The van der Waals surface area contributed by atoms with Crippen molar-refractivity contribution in [1.82, 2.24) is 4.90 Å². The van der Waals surface area contributed by atoms with E-state index in [0.29, 0.717) is 37.4 Å². The van der Waals surface area contributed by atoms with Gasteiger partial charge >= 0.3 is 6.09 Å². The van der Waals surface area contributed by atoms with E-state index in [-0.39, 0.29) is 11.9 Å². The monoisotopic (exact) mass is 319 g/mol. The lowest BCUT2D eigenvalue weighted by molar-refractivity contribution is 0.0240. The Morgan fingerprint density at radius 1 is 1.13 bits per heavy atom. The highest BCUT2D eigenvalue weighted by Crippen LogP contribution is 2.28. The molecule has 0 radical (unpaired) electrons. The van der Waals surface area contributed by atoms with Gasteiger partial charge in [-0.15, -0.1) is 0 Å². The molecule has 1 fully saturated rings. The number of amides is 1. The molecule has 1 amide bonds. The van der Waals surface area contributed by atoms with Crippen molar-refractivity contribution < 1.29 is 14.3 Å². The number of rotatable bonds is 2. The van der Waals surface area contributed by atoms with Crippen LogP contribution in [0.15, 0.2) is 18.2 Å². The minimum absolute atomic E-state index is 0.0447. The van der Waals surface area contributed by atoms with Gasteiger partial charge in [0.15, 0.2) is 5.78 Å². The largest absolute Gasteiger partial charge is 0.444 e. The predicted molar refractivity (Wildman–Crippen MR) is 90.9 cm³/mol. The molecule has 1 saturated heterocycles. The summed E-state index contributed by atoms with van der Waals surface area (Å²) < 4.78 is 5.39. The summed E-state index contributed by atoms with van der Waals surface area (Å²) >= 11 is 0. The number of carbonyl (C=O) groups excluding carboxylic acids is 2. The molecular formula is C17H25N3O3. The summed E-state index contributed by atoms with van der Waals surface area (Å²) in [5.74, 6) is -0.0447. The quantitative estimate of drug-likeness (QED) is 0.669. The molecule has 0 spiro atoms. The third-order valence-electron chi connectivity index (χ3n) is 3.73. The SMILES string of the molecule is CC(=O)c1cccc(N2CCN(C(=O)OC(C)(C)C)CC2)c1N. The Labute approximate surface area is 137 Å². The summed E-state index contributed by atoms with van der Waals surface area (Å²) in [5.41, 5.74) is 7.53. The molecule has 23 heavy (non-hydrogen) atoms. The van der Waals surface area contributed by atoms with E-state index >= 15 is 0 Å². The topological polar surface area (TPSA) is 75.9 Å². The van der Waals surface area contributed by atoms with Gasteiger partial charge in [-0.2, -0.15) is 0 Å². The minimum atomic E-state index is -0.492. The maximum Gasteiger partial charge on any atom is 0.410 e. The fourth-order valence-corrected chi connectivity index (χ4v) is 2.59. The first-order chi connectivity index (χ1) is 10.7. The highest BCUT2D eigenvalue weighted by Gasteiger charge is 2.26. The number of nitrogens with zero attached hydrogens (tertiary/aromatic N) is 2. The molecule has 1 aromatic carbocycles. The van der Waals surface area contributed by atoms with Crippen LogP contribution in [0.25, 0.3) is 0 Å². The van der Waals surface area contributed by atoms with Gasteiger partial charge in [0.25, 0.3) is 0 Å². The van der Waals surface area contributed by atoms with Crippen molar-refractivity contribution in [2.45, 2.75) is 33.3 Å². The van der Waals surface area contributed by atoms with Gasteiger partial charge in [0.05, 0.1) is 11.4 Å². The Morgan fingerprint density at radius 2 is 1.74 bits per heavy atom. The summed E-state index contributed by atoms with van der Waals surface area (Å²) in [7, 11) is 0. The van der Waals surface area contributed by atoms with Crippen LogP contribution in [-0.2, 0) is 4.74 Å². The highest BCUT2D eigenvalue weighted by molar-refractivity contribution is 6.01. The van der Waals surface area contributed by atoms with Crippen LogP contribution in [0.2, 0.25) is 0 Å². The Balaban J connectivity index is 2.04. The van der Waals surface area contributed by atoms with Crippen LogP contribution in [0.4, 0.5) is 16.2 Å². The maximum atomic E-state index is 12.1. The Morgan fingerprint density at radius 3 is 2.26 bits per heavy atom. The summed E-state index contributed by atoms with van der Waals surface area (Å²) in [6.07, 6.45) is -0.289. The van der Waals surface area contributed by atoms with Gasteiger partial charge in [0.1, 0.15) is 5.60 Å². The van der Waals surface area contributed by atoms with Crippen LogP contribution in [-0.4, -0.2) is 48.6 Å². The first kappa shape index (κ1) is 17.1. The third kappa shape index (κ3) is 4.15. The molecule has 0 atom stereocenters. The second-order valence-electron chi connectivity index (χ2n) is 6.75. The van der Waals surface area contributed by atoms with Gasteiger partial charge < -0.3 is 20.3 Å². The van der Waals surface area contributed by atoms with E-state index < -0.39 is 5.60 Å². The fraction of sp³-hybridized carbons (Fsp3) is 0.529. The van der Waals surface area contributed by atoms with Crippen molar-refractivity contribution in [3.8, 4) is 0 Å². The Bertz CT molecular complexity index is 600. The number of piperazine rings is 1. The van der Waals surface area contributed by atoms with Crippen LogP contribution in [0, 0.1) is 0 Å². The van der Waals surface area contributed by atoms with Crippen molar-refractivity contribution in [3.05, 3.63) is 23.8 Å². The van der Waals surface area contributed by atoms with Gasteiger partial charge in [-0.05, 0) is 39.8 Å². The minimum Gasteiger partial charge on any atom is -0.444 e. The van der Waals surface area contributed by atoms with Gasteiger partial charge in [0.2, 0.25) is 0 Å². The number of nitrogen functional groups attached to an aromatic ring is 1. The number of Topliss-reactive ketones (excluding diaryl/α,β-unsaturated/α-hetero) is 1. The zero-order chi connectivity index (χ0) is 17.2. The number of hydrogen-bond donors (Lipinski definition) is 1. The zero-order valence-corrected chi connectivity index (χ0v) is 14.3. The molecule has 126 valence electrons. The smallest absolute Gasteiger partial charge is 0.410 e. The Hall–Kier alpha value is -2.24. The van der Waals surface area contributed by atoms with Crippen molar-refractivity contribution in [2.75, 3.05) is 36.8 Å². The number of para-hydroxylation sites is 1. The molecule has 1 aliphatic heterocycles. The van der Waals surface area contributed by atoms with Gasteiger partial charge in [0, 0.05) is 31.7 Å². The third-order valence-corrected chi connectivity index (χ3v) is 3.73. The first-order valence-electron chi connectivity index (χ1n) is 7.81. The summed E-state index contributed by atoms with van der Waals surface area (Å²) in [6, 6.07) is 5.48. The highest BCUT2D eigenvalue weighted by atomic mass is 16.6. The van der Waals surface area contributed by atoms with E-state index in [2.05, 4.69) is 4.90 Å². The van der Waals surface area contributed by atoms with E-state index in [1.807, 2.05) is 32.9 Å². The van der Waals surface area contributed by atoms with Gasteiger partial charge in [-0.25, -0.2) is 4.79 Å². The lowest BCUT2D eigenvalue weighted by atomic mass is 10.1. The lowest BCUT2D eigenvalue weighted by Gasteiger charge is -2.37. The molecule has 6 nitrogen and oxygen atoms in total. The lowest BCUT2D eigenvalue weighted by Crippen LogP contribution is -2.50. The van der Waals surface area contributed by atoms with Crippen molar-refractivity contribution in [1.29, 1.82) is 0 Å². The second kappa shape index (κ2) is 6.48. The molecule has 0 aromatic heterocycles. The number of ketones is 1. The van der Waals surface area contributed by atoms with Crippen LogP contribution in [0.1, 0.15) is 38.1 Å². The van der Waals surface area contributed by atoms with Gasteiger partial charge in [-0.3, -0.25) is 4.79 Å². The number of carbonyl (C=O) groups is 2. The molecule has 1 aromatic rings. The van der Waals surface area contributed by atoms with Crippen molar-refractivity contribution in [2.24, 2.45) is 0 Å². The number of anilines is 2. The van der Waals surface area contributed by atoms with E-state index in [4.69, 9.17) is 10.5 Å². The Kier molecular flexibility index (Phi) is 4.82. The van der Waals surface area contributed by atoms with Crippen LogP contribution in [0.3, 0.4) is 0 Å². The van der Waals surface area contributed by atoms with E-state index in [1.54, 1.807) is 11.0 Å². The average Bonchev–Trinajstić information content (AvgIpc) is 2.45.